The summed E-state index contributed by atoms with van der Waals surface area (Å²) < 4.78 is 0. The van der Waals surface area contributed by atoms with Crippen LogP contribution in [0.1, 0.15) is 12.5 Å². The van der Waals surface area contributed by atoms with E-state index in [0.717, 1.165) is 21.9 Å². The van der Waals surface area contributed by atoms with E-state index in [1.807, 2.05) is 32.0 Å². The zero-order chi connectivity index (χ0) is 10.6. The molecule has 0 amide bonds. The maximum absolute atomic E-state index is 5.26. The van der Waals surface area contributed by atoms with Crippen LogP contribution in [0.5, 0.6) is 0 Å². The molecule has 0 aliphatic rings. The Morgan fingerprint density at radius 1 is 1.50 bits per heavy atom. The summed E-state index contributed by atoms with van der Waals surface area (Å²) in [4.78, 5) is 5.35. The van der Waals surface area contributed by atoms with Gasteiger partial charge in [-0.2, -0.15) is 0 Å². The van der Waals surface area contributed by atoms with Gasteiger partial charge in [-0.3, -0.25) is 4.99 Å². The fourth-order valence-electron chi connectivity index (χ4n) is 1.09. The molecule has 0 radical (unpaired) electrons. The molecule has 0 aliphatic heterocycles. The Bertz CT molecular complexity index is 381. The van der Waals surface area contributed by atoms with Crippen molar-refractivity contribution in [3.63, 3.8) is 0 Å². The maximum Gasteiger partial charge on any atom is 0.0636 e. The van der Waals surface area contributed by atoms with E-state index in [1.54, 1.807) is 6.08 Å². The zero-order valence-corrected chi connectivity index (χ0v) is 9.25. The minimum absolute atomic E-state index is 0.888. The third kappa shape index (κ3) is 2.92. The van der Waals surface area contributed by atoms with Crippen LogP contribution in [0.3, 0.4) is 0 Å². The van der Waals surface area contributed by atoms with Gasteiger partial charge in [-0.15, -0.1) is 12.6 Å². The van der Waals surface area contributed by atoms with Crippen LogP contribution in [0.15, 0.2) is 40.4 Å². The van der Waals surface area contributed by atoms with Crippen molar-refractivity contribution in [3.05, 3.63) is 36.0 Å². The molecular formula is C11H14N2S. The fourth-order valence-corrected chi connectivity index (χ4v) is 1.23. The monoisotopic (exact) mass is 206 g/mol. The SMILES string of the molecule is CC(C=CN)=Nc1ccc(S)c(C)c1. The zero-order valence-electron chi connectivity index (χ0n) is 8.36. The van der Waals surface area contributed by atoms with Crippen molar-refractivity contribution in [1.82, 2.24) is 0 Å². The quantitative estimate of drug-likeness (QED) is 0.566. The third-order valence-corrected chi connectivity index (χ3v) is 2.33. The van der Waals surface area contributed by atoms with Crippen molar-refractivity contribution in [2.24, 2.45) is 10.7 Å². The van der Waals surface area contributed by atoms with Crippen molar-refractivity contribution in [1.29, 1.82) is 0 Å². The van der Waals surface area contributed by atoms with Gasteiger partial charge in [0.1, 0.15) is 0 Å². The van der Waals surface area contributed by atoms with E-state index >= 15 is 0 Å². The second kappa shape index (κ2) is 4.86. The number of allylic oxidation sites excluding steroid dienone is 1. The van der Waals surface area contributed by atoms with E-state index < -0.39 is 0 Å². The van der Waals surface area contributed by atoms with Gasteiger partial charge in [-0.1, -0.05) is 0 Å². The minimum atomic E-state index is 0.888. The third-order valence-electron chi connectivity index (χ3n) is 1.82. The average molecular weight is 206 g/mol. The molecule has 0 fully saturated rings. The first-order chi connectivity index (χ1) is 6.63. The number of aryl methyl sites for hydroxylation is 1. The summed E-state index contributed by atoms with van der Waals surface area (Å²) in [6, 6.07) is 5.87. The van der Waals surface area contributed by atoms with Gasteiger partial charge >= 0.3 is 0 Å². The Morgan fingerprint density at radius 3 is 2.79 bits per heavy atom. The first-order valence-electron chi connectivity index (χ1n) is 4.36. The number of aliphatic imine (C=N–C) groups is 1. The minimum Gasteiger partial charge on any atom is -0.405 e. The van der Waals surface area contributed by atoms with Crippen molar-refractivity contribution in [2.75, 3.05) is 0 Å². The molecule has 0 atom stereocenters. The summed E-state index contributed by atoms with van der Waals surface area (Å²) in [5, 5.41) is 0. The van der Waals surface area contributed by atoms with Crippen molar-refractivity contribution < 1.29 is 0 Å². The number of nitrogens with two attached hydrogens (primary N) is 1. The predicted molar refractivity (Wildman–Crippen MR) is 64.5 cm³/mol. The Morgan fingerprint density at radius 2 is 2.21 bits per heavy atom. The van der Waals surface area contributed by atoms with E-state index in [9.17, 15) is 0 Å². The lowest BCUT2D eigenvalue weighted by atomic mass is 10.2. The van der Waals surface area contributed by atoms with E-state index in [4.69, 9.17) is 5.73 Å². The number of thiol groups is 1. The molecule has 2 N–H and O–H groups in total. The van der Waals surface area contributed by atoms with Gasteiger partial charge in [-0.05, 0) is 49.9 Å². The molecule has 0 unspecified atom stereocenters. The van der Waals surface area contributed by atoms with Crippen LogP contribution in [0.4, 0.5) is 5.69 Å². The van der Waals surface area contributed by atoms with E-state index in [2.05, 4.69) is 17.6 Å². The molecule has 14 heavy (non-hydrogen) atoms. The number of nitrogens with zero attached hydrogens (tertiary/aromatic N) is 1. The number of benzene rings is 1. The smallest absolute Gasteiger partial charge is 0.0636 e. The summed E-state index contributed by atoms with van der Waals surface area (Å²) in [5.74, 6) is 0. The second-order valence-electron chi connectivity index (χ2n) is 3.08. The second-order valence-corrected chi connectivity index (χ2v) is 3.56. The highest BCUT2D eigenvalue weighted by molar-refractivity contribution is 7.80. The van der Waals surface area contributed by atoms with Gasteiger partial charge in [0.15, 0.2) is 0 Å². The largest absolute Gasteiger partial charge is 0.405 e. The molecule has 2 nitrogen and oxygen atoms in total. The first-order valence-corrected chi connectivity index (χ1v) is 4.81. The fraction of sp³-hybridized carbons (Fsp3) is 0.182. The van der Waals surface area contributed by atoms with Gasteiger partial charge in [0.2, 0.25) is 0 Å². The molecule has 0 saturated carbocycles. The number of hydrogen-bond acceptors (Lipinski definition) is 3. The van der Waals surface area contributed by atoms with Crippen molar-refractivity contribution >= 4 is 24.0 Å². The average Bonchev–Trinajstić information content (AvgIpc) is 2.12. The van der Waals surface area contributed by atoms with Crippen LogP contribution >= 0.6 is 12.6 Å². The van der Waals surface area contributed by atoms with E-state index in [0.29, 0.717) is 0 Å². The lowest BCUT2D eigenvalue weighted by molar-refractivity contribution is 1.30. The molecular weight excluding hydrogens is 192 g/mol. The Kier molecular flexibility index (Phi) is 3.77. The Hall–Kier alpha value is -1.22. The normalized spacial score (nSPS) is 12.4. The van der Waals surface area contributed by atoms with Gasteiger partial charge in [0.25, 0.3) is 0 Å². The molecule has 0 bridgehead atoms. The molecule has 1 aromatic carbocycles. The van der Waals surface area contributed by atoms with Crippen LogP contribution < -0.4 is 5.73 Å². The van der Waals surface area contributed by atoms with Crippen LogP contribution in [0, 0.1) is 6.92 Å². The molecule has 3 heteroatoms. The first kappa shape index (κ1) is 10.9. The molecule has 0 saturated heterocycles. The van der Waals surface area contributed by atoms with E-state index in [1.165, 1.54) is 6.20 Å². The Balaban J connectivity index is 2.98. The highest BCUT2D eigenvalue weighted by Crippen LogP contribution is 2.20. The van der Waals surface area contributed by atoms with Crippen LogP contribution in [-0.2, 0) is 0 Å². The number of hydrogen-bond donors (Lipinski definition) is 2. The lowest BCUT2D eigenvalue weighted by Crippen LogP contribution is -1.87. The van der Waals surface area contributed by atoms with Crippen molar-refractivity contribution in [3.8, 4) is 0 Å². The summed E-state index contributed by atoms with van der Waals surface area (Å²) in [5.41, 5.74) is 8.20. The van der Waals surface area contributed by atoms with Gasteiger partial charge in [-0.25, -0.2) is 0 Å². The van der Waals surface area contributed by atoms with Gasteiger partial charge in [0, 0.05) is 10.6 Å². The molecule has 0 aromatic heterocycles. The number of rotatable bonds is 2. The van der Waals surface area contributed by atoms with Crippen LogP contribution in [0.25, 0.3) is 0 Å². The molecule has 0 spiro atoms. The van der Waals surface area contributed by atoms with Gasteiger partial charge in [0.05, 0.1) is 5.69 Å². The summed E-state index contributed by atoms with van der Waals surface area (Å²) in [7, 11) is 0. The summed E-state index contributed by atoms with van der Waals surface area (Å²) >= 11 is 4.29. The topological polar surface area (TPSA) is 38.4 Å². The van der Waals surface area contributed by atoms with Crippen molar-refractivity contribution in [2.45, 2.75) is 18.7 Å². The molecule has 0 heterocycles. The highest BCUT2D eigenvalue weighted by Gasteiger charge is 1.94. The predicted octanol–water partition coefficient (Wildman–Crippen LogP) is 2.85. The Labute approximate surface area is 90.0 Å². The van der Waals surface area contributed by atoms with E-state index in [-0.39, 0.29) is 0 Å². The maximum atomic E-state index is 5.26. The summed E-state index contributed by atoms with van der Waals surface area (Å²) in [6.45, 7) is 3.92. The standard InChI is InChI=1S/C11H14N2S/c1-8-7-10(3-4-11(8)14)13-9(2)5-6-12/h3-7,14H,12H2,1-2H3. The molecule has 0 aliphatic carbocycles. The molecule has 1 aromatic rings. The molecule has 1 rings (SSSR count). The highest BCUT2D eigenvalue weighted by atomic mass is 32.1. The van der Waals surface area contributed by atoms with Crippen LogP contribution in [0.2, 0.25) is 0 Å². The van der Waals surface area contributed by atoms with Crippen LogP contribution in [-0.4, -0.2) is 5.71 Å². The lowest BCUT2D eigenvalue weighted by Gasteiger charge is -2.00. The van der Waals surface area contributed by atoms with Gasteiger partial charge < -0.3 is 5.73 Å². The molecule has 74 valence electrons. The summed E-state index contributed by atoms with van der Waals surface area (Å²) in [6.07, 6.45) is 3.25.